The highest BCUT2D eigenvalue weighted by Crippen LogP contribution is 2.22. The lowest BCUT2D eigenvalue weighted by Crippen LogP contribution is -2.27. The van der Waals surface area contributed by atoms with E-state index in [-0.39, 0.29) is 16.8 Å². The zero-order valence-corrected chi connectivity index (χ0v) is 14.5. The number of nitrogens with one attached hydrogen (secondary N) is 1. The molecule has 0 aliphatic heterocycles. The molecule has 0 saturated carbocycles. The number of hydrogen-bond donors (Lipinski definition) is 2. The molecule has 0 fully saturated rings. The number of likely N-dealkylation sites (N-methyl/N-ethyl adjacent to an activating group) is 1. The van der Waals surface area contributed by atoms with Gasteiger partial charge in [-0.2, -0.15) is 0 Å². The molecule has 23 heavy (non-hydrogen) atoms. The molecule has 124 valence electrons. The summed E-state index contributed by atoms with van der Waals surface area (Å²) in [6, 6.07) is 10.5. The summed E-state index contributed by atoms with van der Waals surface area (Å²) < 4.78 is 23.2. The molecule has 1 heterocycles. The summed E-state index contributed by atoms with van der Waals surface area (Å²) in [5.74, 6) is 0.246. The topological polar surface area (TPSA) is 88.3 Å². The number of rotatable bonds is 6. The average Bonchev–Trinajstić information content (AvgIpc) is 2.48. The van der Waals surface area contributed by atoms with E-state index in [9.17, 15) is 8.42 Å². The molecule has 8 heteroatoms. The Hall–Kier alpha value is -1.67. The number of primary sulfonamides is 1. The monoisotopic (exact) mass is 354 g/mol. The Bertz CT molecular complexity index is 763. The maximum Gasteiger partial charge on any atom is 0.241 e. The summed E-state index contributed by atoms with van der Waals surface area (Å²) in [6.45, 7) is 0.466. The van der Waals surface area contributed by atoms with Crippen molar-refractivity contribution >= 4 is 27.4 Å². The highest BCUT2D eigenvalue weighted by atomic mass is 35.5. The van der Waals surface area contributed by atoms with Crippen molar-refractivity contribution in [1.29, 1.82) is 0 Å². The number of halogens is 1. The van der Waals surface area contributed by atoms with Gasteiger partial charge in [0.25, 0.3) is 0 Å². The minimum Gasteiger partial charge on any atom is -0.367 e. The van der Waals surface area contributed by atoms with Crippen LogP contribution in [0.3, 0.4) is 0 Å². The van der Waals surface area contributed by atoms with Gasteiger partial charge in [0.1, 0.15) is 10.7 Å². The molecule has 1 aromatic heterocycles. The van der Waals surface area contributed by atoms with Gasteiger partial charge in [0, 0.05) is 17.8 Å². The lowest BCUT2D eigenvalue weighted by Gasteiger charge is -2.25. The van der Waals surface area contributed by atoms with E-state index in [1.165, 1.54) is 18.3 Å². The van der Waals surface area contributed by atoms with E-state index in [0.29, 0.717) is 11.6 Å². The van der Waals surface area contributed by atoms with Gasteiger partial charge in [0.05, 0.1) is 6.04 Å². The zero-order chi connectivity index (χ0) is 17.0. The van der Waals surface area contributed by atoms with Crippen LogP contribution in [0.2, 0.25) is 5.02 Å². The molecular formula is C15H19ClN4O2S. The molecule has 6 nitrogen and oxygen atoms in total. The van der Waals surface area contributed by atoms with E-state index in [1.807, 2.05) is 43.3 Å². The number of benzene rings is 1. The number of hydrogen-bond acceptors (Lipinski definition) is 5. The highest BCUT2D eigenvalue weighted by molar-refractivity contribution is 7.89. The number of anilines is 1. The molecule has 0 amide bonds. The van der Waals surface area contributed by atoms with Crippen molar-refractivity contribution < 1.29 is 8.42 Å². The molecule has 1 unspecified atom stereocenters. The summed E-state index contributed by atoms with van der Waals surface area (Å²) in [6.07, 6.45) is 1.52. The third kappa shape index (κ3) is 4.65. The van der Waals surface area contributed by atoms with Crippen LogP contribution < -0.4 is 10.5 Å². The molecule has 2 aromatic rings. The van der Waals surface area contributed by atoms with Crippen molar-refractivity contribution in [2.45, 2.75) is 10.9 Å². The molecule has 1 aromatic carbocycles. The van der Waals surface area contributed by atoms with Gasteiger partial charge in [-0.15, -0.1) is 0 Å². The zero-order valence-electron chi connectivity index (χ0n) is 12.9. The van der Waals surface area contributed by atoms with Gasteiger partial charge in [0.2, 0.25) is 10.0 Å². The molecule has 0 radical (unpaired) electrons. The van der Waals surface area contributed by atoms with Crippen LogP contribution in [0.4, 0.5) is 5.82 Å². The SMILES string of the molecule is CN(C)C(CNc1ncccc1S(N)(=O)=O)c1ccc(Cl)cc1. The second-order valence-electron chi connectivity index (χ2n) is 5.31. The standard InChI is InChI=1S/C15H19ClN4O2S/c1-20(2)13(11-5-7-12(16)8-6-11)10-19-15-14(23(17,21)22)4-3-9-18-15/h3-9,13H,10H2,1-2H3,(H,18,19)(H2,17,21,22). The summed E-state index contributed by atoms with van der Waals surface area (Å²) >= 11 is 5.92. The van der Waals surface area contributed by atoms with Gasteiger partial charge >= 0.3 is 0 Å². The van der Waals surface area contributed by atoms with Crippen LogP contribution in [0.25, 0.3) is 0 Å². The number of aromatic nitrogens is 1. The third-order valence-electron chi connectivity index (χ3n) is 3.42. The molecule has 0 spiro atoms. The number of nitrogens with two attached hydrogens (primary N) is 1. The molecular weight excluding hydrogens is 336 g/mol. The fraction of sp³-hybridized carbons (Fsp3) is 0.267. The maximum atomic E-state index is 11.6. The third-order valence-corrected chi connectivity index (χ3v) is 4.61. The largest absolute Gasteiger partial charge is 0.367 e. The Kier molecular flexibility index (Phi) is 5.59. The van der Waals surface area contributed by atoms with Crippen LogP contribution in [0.1, 0.15) is 11.6 Å². The van der Waals surface area contributed by atoms with Gasteiger partial charge in [-0.25, -0.2) is 18.5 Å². The van der Waals surface area contributed by atoms with E-state index in [1.54, 1.807) is 0 Å². The van der Waals surface area contributed by atoms with Crippen molar-refractivity contribution in [3.8, 4) is 0 Å². The predicted molar refractivity (Wildman–Crippen MR) is 92.0 cm³/mol. The quantitative estimate of drug-likeness (QED) is 0.829. The van der Waals surface area contributed by atoms with Crippen LogP contribution >= 0.6 is 11.6 Å². The van der Waals surface area contributed by atoms with Crippen LogP contribution in [0.5, 0.6) is 0 Å². The Labute approximate surface area is 141 Å². The maximum absolute atomic E-state index is 11.6. The minimum absolute atomic E-state index is 0.0163. The first-order chi connectivity index (χ1) is 10.8. The van der Waals surface area contributed by atoms with E-state index < -0.39 is 10.0 Å². The fourth-order valence-electron chi connectivity index (χ4n) is 2.23. The predicted octanol–water partition coefficient (Wildman–Crippen LogP) is 2.10. The van der Waals surface area contributed by atoms with E-state index in [0.717, 1.165) is 5.56 Å². The Balaban J connectivity index is 2.22. The molecule has 0 saturated heterocycles. The molecule has 3 N–H and O–H groups in total. The number of sulfonamides is 1. The lowest BCUT2D eigenvalue weighted by atomic mass is 10.1. The van der Waals surface area contributed by atoms with Gasteiger partial charge in [-0.05, 0) is 43.9 Å². The minimum atomic E-state index is -3.83. The van der Waals surface area contributed by atoms with Gasteiger partial charge in [0.15, 0.2) is 0 Å². The summed E-state index contributed by atoms with van der Waals surface area (Å²) in [5, 5.41) is 8.96. The van der Waals surface area contributed by atoms with Crippen LogP contribution in [-0.2, 0) is 10.0 Å². The first-order valence-electron chi connectivity index (χ1n) is 6.92. The average molecular weight is 355 g/mol. The van der Waals surface area contributed by atoms with Crippen molar-refractivity contribution in [3.05, 3.63) is 53.2 Å². The number of pyridine rings is 1. The first kappa shape index (κ1) is 17.7. The second kappa shape index (κ2) is 7.27. The highest BCUT2D eigenvalue weighted by Gasteiger charge is 2.18. The summed E-state index contributed by atoms with van der Waals surface area (Å²) in [7, 11) is 0.0609. The van der Waals surface area contributed by atoms with Crippen molar-refractivity contribution in [2.75, 3.05) is 26.0 Å². The normalized spacial score (nSPS) is 13.1. The van der Waals surface area contributed by atoms with E-state index in [4.69, 9.17) is 16.7 Å². The molecule has 0 bridgehead atoms. The Morgan fingerprint density at radius 1 is 1.26 bits per heavy atom. The fourth-order valence-corrected chi connectivity index (χ4v) is 3.02. The summed E-state index contributed by atoms with van der Waals surface area (Å²) in [5.41, 5.74) is 1.06. The van der Waals surface area contributed by atoms with Crippen LogP contribution in [-0.4, -0.2) is 38.9 Å². The Morgan fingerprint density at radius 2 is 1.91 bits per heavy atom. The molecule has 0 aliphatic carbocycles. The van der Waals surface area contributed by atoms with Crippen molar-refractivity contribution in [1.82, 2.24) is 9.88 Å². The van der Waals surface area contributed by atoms with Crippen molar-refractivity contribution in [3.63, 3.8) is 0 Å². The summed E-state index contributed by atoms with van der Waals surface area (Å²) in [4.78, 5) is 6.08. The van der Waals surface area contributed by atoms with E-state index >= 15 is 0 Å². The van der Waals surface area contributed by atoms with Crippen LogP contribution in [0, 0.1) is 0 Å². The van der Waals surface area contributed by atoms with Gasteiger partial charge in [-0.3, -0.25) is 0 Å². The van der Waals surface area contributed by atoms with E-state index in [2.05, 4.69) is 10.3 Å². The smallest absolute Gasteiger partial charge is 0.241 e. The van der Waals surface area contributed by atoms with Crippen LogP contribution in [0.15, 0.2) is 47.5 Å². The lowest BCUT2D eigenvalue weighted by molar-refractivity contribution is 0.311. The number of nitrogens with zero attached hydrogens (tertiary/aromatic N) is 2. The van der Waals surface area contributed by atoms with Gasteiger partial charge in [-0.1, -0.05) is 23.7 Å². The first-order valence-corrected chi connectivity index (χ1v) is 8.85. The second-order valence-corrected chi connectivity index (χ2v) is 7.27. The molecule has 0 aliphatic rings. The van der Waals surface area contributed by atoms with Gasteiger partial charge < -0.3 is 10.2 Å². The van der Waals surface area contributed by atoms with Crippen molar-refractivity contribution in [2.24, 2.45) is 5.14 Å². The molecule has 1 atom stereocenters. The molecule has 2 rings (SSSR count). The Morgan fingerprint density at radius 3 is 2.48 bits per heavy atom.